The first-order chi connectivity index (χ1) is 4.74. The van der Waals surface area contributed by atoms with Crippen LogP contribution >= 0.6 is 11.6 Å². The quantitative estimate of drug-likeness (QED) is 0.422. The molecule has 0 saturated heterocycles. The number of halogens is 2. The molecular formula is C7H18Cl2MgO2. The SMILES string of the molecule is CC[CH-]Cl.COC.COC.[Cl-].[Mg+2]. The van der Waals surface area contributed by atoms with Gasteiger partial charge in [0, 0.05) is 28.4 Å². The molecule has 0 bridgehead atoms. The van der Waals surface area contributed by atoms with E-state index >= 15 is 0 Å². The van der Waals surface area contributed by atoms with Gasteiger partial charge in [-0.3, -0.25) is 0 Å². The largest absolute Gasteiger partial charge is 2.00 e. The van der Waals surface area contributed by atoms with Crippen molar-refractivity contribution in [1.29, 1.82) is 0 Å². The second kappa shape index (κ2) is 56.1. The van der Waals surface area contributed by atoms with Gasteiger partial charge in [0.05, 0.1) is 0 Å². The van der Waals surface area contributed by atoms with Crippen LogP contribution in [0.25, 0.3) is 0 Å². The maximum atomic E-state index is 5.06. The third kappa shape index (κ3) is 231. The van der Waals surface area contributed by atoms with Gasteiger partial charge >= 0.3 is 23.1 Å². The first kappa shape index (κ1) is 29.2. The van der Waals surface area contributed by atoms with E-state index in [1.807, 2.05) is 6.92 Å². The minimum atomic E-state index is 0. The van der Waals surface area contributed by atoms with Crippen LogP contribution in [-0.4, -0.2) is 51.5 Å². The smallest absolute Gasteiger partial charge is 1.00 e. The number of methoxy groups -OCH3 is 2. The van der Waals surface area contributed by atoms with Crippen molar-refractivity contribution in [3.8, 4) is 0 Å². The summed E-state index contributed by atoms with van der Waals surface area (Å²) in [6.45, 7) is 1.99. The summed E-state index contributed by atoms with van der Waals surface area (Å²) in [5.74, 6) is 1.60. The van der Waals surface area contributed by atoms with Crippen molar-refractivity contribution in [3.63, 3.8) is 0 Å². The molecule has 0 atom stereocenters. The number of rotatable bonds is 1. The molecule has 0 aromatic rings. The van der Waals surface area contributed by atoms with E-state index < -0.39 is 0 Å². The second-order valence-electron chi connectivity index (χ2n) is 1.38. The molecule has 0 aliphatic carbocycles. The summed E-state index contributed by atoms with van der Waals surface area (Å²) < 4.78 is 8.50. The Labute approximate surface area is 104 Å². The van der Waals surface area contributed by atoms with Crippen LogP contribution in [0.15, 0.2) is 0 Å². The van der Waals surface area contributed by atoms with E-state index in [9.17, 15) is 0 Å². The van der Waals surface area contributed by atoms with Crippen molar-refractivity contribution >= 4 is 34.7 Å². The van der Waals surface area contributed by atoms with Gasteiger partial charge in [0.25, 0.3) is 0 Å². The minimum absolute atomic E-state index is 0. The maximum Gasteiger partial charge on any atom is 2.00 e. The summed E-state index contributed by atoms with van der Waals surface area (Å²) in [4.78, 5) is 0. The van der Waals surface area contributed by atoms with E-state index in [0.717, 1.165) is 6.42 Å². The van der Waals surface area contributed by atoms with Gasteiger partial charge in [0.1, 0.15) is 0 Å². The van der Waals surface area contributed by atoms with Gasteiger partial charge in [-0.1, -0.05) is 6.92 Å². The van der Waals surface area contributed by atoms with Gasteiger partial charge < -0.3 is 33.5 Å². The molecule has 0 aromatic heterocycles. The maximum absolute atomic E-state index is 5.06. The third-order valence-corrected chi connectivity index (χ3v) is 0.463. The first-order valence-corrected chi connectivity index (χ1v) is 3.40. The predicted molar refractivity (Wildman–Crippen MR) is 52.1 cm³/mol. The van der Waals surface area contributed by atoms with Crippen LogP contribution in [0.3, 0.4) is 0 Å². The van der Waals surface area contributed by atoms with Gasteiger partial charge in [-0.25, -0.2) is 5.88 Å². The van der Waals surface area contributed by atoms with Crippen LogP contribution < -0.4 is 12.4 Å². The minimum Gasteiger partial charge on any atom is -1.00 e. The molecule has 0 spiro atoms. The van der Waals surface area contributed by atoms with Gasteiger partial charge in [-0.2, -0.15) is 6.42 Å². The monoisotopic (exact) mass is 228 g/mol. The Balaban J connectivity index is -0.0000000191. The zero-order chi connectivity index (χ0) is 8.83. The van der Waals surface area contributed by atoms with E-state index in [4.69, 9.17) is 11.6 Å². The molecule has 0 aromatic carbocycles. The Kier molecular flexibility index (Phi) is 137. The fourth-order valence-corrected chi connectivity index (χ4v) is 0. The molecule has 0 fully saturated rings. The average Bonchev–Trinajstić information content (AvgIpc) is 1.91. The Bertz CT molecular complexity index is 31.4. The molecular weight excluding hydrogens is 211 g/mol. The van der Waals surface area contributed by atoms with E-state index in [1.165, 1.54) is 0 Å². The summed E-state index contributed by atoms with van der Waals surface area (Å²) in [6, 6.07) is 0. The summed E-state index contributed by atoms with van der Waals surface area (Å²) in [7, 11) is 6.50. The molecule has 0 N–H and O–H groups in total. The Morgan fingerprint density at radius 2 is 1.17 bits per heavy atom. The summed E-state index contributed by atoms with van der Waals surface area (Å²) in [5.41, 5.74) is 0. The van der Waals surface area contributed by atoms with Crippen molar-refractivity contribution in [2.24, 2.45) is 0 Å². The fourth-order valence-electron chi connectivity index (χ4n) is 0. The predicted octanol–water partition coefficient (Wildman–Crippen LogP) is -1.05. The van der Waals surface area contributed by atoms with Crippen LogP contribution in [0.1, 0.15) is 13.3 Å². The summed E-state index contributed by atoms with van der Waals surface area (Å²) in [6.07, 6.45) is 0.960. The molecule has 0 unspecified atom stereocenters. The van der Waals surface area contributed by atoms with Crippen LogP contribution in [0, 0.1) is 5.88 Å². The summed E-state index contributed by atoms with van der Waals surface area (Å²) >= 11 is 5.06. The van der Waals surface area contributed by atoms with Crippen LogP contribution in [-0.2, 0) is 9.47 Å². The zero-order valence-electron chi connectivity index (χ0n) is 8.56. The number of ether oxygens (including phenoxy) is 2. The summed E-state index contributed by atoms with van der Waals surface area (Å²) in [5, 5.41) is 0. The molecule has 74 valence electrons. The van der Waals surface area contributed by atoms with Crippen LogP contribution in [0.5, 0.6) is 0 Å². The standard InChI is InChI=1S/C3H6Cl.2C2H6O.ClH.Mg/c1-2-3-4;2*1-3-2;;/h3H,2H2,1H3;2*1-2H3;1H;/q-1;;;;+2/p-1. The first-order valence-electron chi connectivity index (χ1n) is 2.97. The molecule has 5 heteroatoms. The molecule has 0 amide bonds. The average molecular weight is 229 g/mol. The third-order valence-electron chi connectivity index (χ3n) is 0.154. The van der Waals surface area contributed by atoms with Gasteiger partial charge in [0.15, 0.2) is 0 Å². The topological polar surface area (TPSA) is 18.5 Å². The zero-order valence-corrected chi connectivity index (χ0v) is 11.5. The molecule has 0 rings (SSSR count). The second-order valence-corrected chi connectivity index (χ2v) is 1.69. The van der Waals surface area contributed by atoms with Crippen LogP contribution in [0.4, 0.5) is 0 Å². The Hall–Kier alpha value is 1.27. The van der Waals surface area contributed by atoms with E-state index in [1.54, 1.807) is 34.3 Å². The molecule has 0 radical (unpaired) electrons. The van der Waals surface area contributed by atoms with Crippen molar-refractivity contribution in [2.45, 2.75) is 13.3 Å². The van der Waals surface area contributed by atoms with Crippen molar-refractivity contribution < 1.29 is 21.9 Å². The van der Waals surface area contributed by atoms with Gasteiger partial charge in [0.2, 0.25) is 0 Å². The number of hydrogen-bond donors (Lipinski definition) is 0. The molecule has 0 saturated carbocycles. The molecule has 0 aliphatic heterocycles. The van der Waals surface area contributed by atoms with Gasteiger partial charge in [-0.15, -0.1) is 0 Å². The van der Waals surface area contributed by atoms with Crippen molar-refractivity contribution in [2.75, 3.05) is 28.4 Å². The molecule has 2 nitrogen and oxygen atoms in total. The van der Waals surface area contributed by atoms with E-state index in [0.29, 0.717) is 0 Å². The fraction of sp³-hybridized carbons (Fsp3) is 0.857. The van der Waals surface area contributed by atoms with Crippen molar-refractivity contribution in [3.05, 3.63) is 5.88 Å². The Morgan fingerprint density at radius 3 is 1.17 bits per heavy atom. The number of hydrogen-bond acceptors (Lipinski definition) is 2. The van der Waals surface area contributed by atoms with E-state index in [-0.39, 0.29) is 35.5 Å². The van der Waals surface area contributed by atoms with Crippen molar-refractivity contribution in [1.82, 2.24) is 0 Å². The normalized spacial score (nSPS) is 5.50. The molecule has 12 heavy (non-hydrogen) atoms. The van der Waals surface area contributed by atoms with E-state index in [2.05, 4.69) is 9.47 Å². The molecule has 0 aliphatic rings. The van der Waals surface area contributed by atoms with Crippen LogP contribution in [0.2, 0.25) is 0 Å². The Morgan fingerprint density at radius 1 is 1.08 bits per heavy atom. The van der Waals surface area contributed by atoms with Gasteiger partial charge in [-0.05, 0) is 0 Å². The molecule has 0 heterocycles.